The molecule has 1 aromatic rings. The largest absolute Gasteiger partial charge is 0.289 e. The highest BCUT2D eigenvalue weighted by Crippen LogP contribution is 2.12. The van der Waals surface area contributed by atoms with Gasteiger partial charge in [0.05, 0.1) is 0 Å². The summed E-state index contributed by atoms with van der Waals surface area (Å²) in [5.41, 5.74) is 0.721. The molecule has 0 fully saturated rings. The number of allylic oxidation sites excluding steroid dienone is 2. The van der Waals surface area contributed by atoms with Gasteiger partial charge in [-0.05, 0) is 24.6 Å². The zero-order valence-corrected chi connectivity index (χ0v) is 9.04. The first-order valence-electron chi connectivity index (χ1n) is 4.20. The minimum Gasteiger partial charge on any atom is -0.289 e. The molecular weight excluding hydrogens is 228 g/mol. The number of hydrogen-bond acceptors (Lipinski definition) is 1. The van der Waals surface area contributed by atoms with Crippen LogP contribution in [-0.4, -0.2) is 5.78 Å². The van der Waals surface area contributed by atoms with Crippen molar-refractivity contribution in [3.05, 3.63) is 46.5 Å². The standard InChI is InChI=1S/C11H11BrO/c1-2-3-7-11(13)9-5-4-6-10(12)8-9/h3-8H,2H2,1H3/b7-3+. The quantitative estimate of drug-likeness (QED) is 0.581. The molecule has 1 aromatic carbocycles. The Morgan fingerprint density at radius 2 is 2.31 bits per heavy atom. The predicted molar refractivity (Wildman–Crippen MR) is 57.9 cm³/mol. The van der Waals surface area contributed by atoms with Gasteiger partial charge in [-0.25, -0.2) is 0 Å². The smallest absolute Gasteiger partial charge is 0.185 e. The summed E-state index contributed by atoms with van der Waals surface area (Å²) in [7, 11) is 0. The maximum absolute atomic E-state index is 11.4. The van der Waals surface area contributed by atoms with E-state index in [9.17, 15) is 4.79 Å². The molecule has 0 heterocycles. The fourth-order valence-electron chi connectivity index (χ4n) is 0.963. The molecule has 0 aromatic heterocycles. The molecule has 0 saturated heterocycles. The van der Waals surface area contributed by atoms with E-state index in [-0.39, 0.29) is 5.78 Å². The van der Waals surface area contributed by atoms with Crippen molar-refractivity contribution in [2.45, 2.75) is 13.3 Å². The first-order chi connectivity index (χ1) is 6.24. The molecule has 0 saturated carbocycles. The number of halogens is 1. The Bertz CT molecular complexity index is 329. The van der Waals surface area contributed by atoms with Gasteiger partial charge in [0, 0.05) is 10.0 Å². The third-order valence-corrected chi connectivity index (χ3v) is 2.11. The molecular formula is C11H11BrO. The van der Waals surface area contributed by atoms with Crippen molar-refractivity contribution in [2.24, 2.45) is 0 Å². The van der Waals surface area contributed by atoms with Crippen LogP contribution in [-0.2, 0) is 0 Å². The topological polar surface area (TPSA) is 17.1 Å². The van der Waals surface area contributed by atoms with Crippen LogP contribution in [0.15, 0.2) is 40.9 Å². The molecule has 0 bridgehead atoms. The fourth-order valence-corrected chi connectivity index (χ4v) is 1.36. The van der Waals surface area contributed by atoms with Crippen LogP contribution in [0.4, 0.5) is 0 Å². The maximum Gasteiger partial charge on any atom is 0.185 e. The van der Waals surface area contributed by atoms with Crippen molar-refractivity contribution in [1.82, 2.24) is 0 Å². The average Bonchev–Trinajstić information content (AvgIpc) is 2.14. The van der Waals surface area contributed by atoms with Gasteiger partial charge in [-0.2, -0.15) is 0 Å². The van der Waals surface area contributed by atoms with E-state index >= 15 is 0 Å². The van der Waals surface area contributed by atoms with Gasteiger partial charge in [-0.15, -0.1) is 0 Å². The van der Waals surface area contributed by atoms with Crippen molar-refractivity contribution in [3.63, 3.8) is 0 Å². The van der Waals surface area contributed by atoms with Crippen LogP contribution in [0.2, 0.25) is 0 Å². The minimum atomic E-state index is 0.0585. The molecule has 1 rings (SSSR count). The van der Waals surface area contributed by atoms with Gasteiger partial charge in [0.15, 0.2) is 5.78 Å². The highest BCUT2D eigenvalue weighted by Gasteiger charge is 2.00. The third kappa shape index (κ3) is 3.15. The van der Waals surface area contributed by atoms with Gasteiger partial charge < -0.3 is 0 Å². The molecule has 0 aliphatic heterocycles. The molecule has 0 spiro atoms. The highest BCUT2D eigenvalue weighted by atomic mass is 79.9. The maximum atomic E-state index is 11.4. The monoisotopic (exact) mass is 238 g/mol. The lowest BCUT2D eigenvalue weighted by Crippen LogP contribution is -1.93. The Labute approximate surface area is 86.6 Å². The molecule has 0 unspecified atom stereocenters. The van der Waals surface area contributed by atoms with Crippen molar-refractivity contribution in [1.29, 1.82) is 0 Å². The van der Waals surface area contributed by atoms with Gasteiger partial charge in [0.1, 0.15) is 0 Å². The fraction of sp³-hybridized carbons (Fsp3) is 0.182. The van der Waals surface area contributed by atoms with E-state index in [1.807, 2.05) is 37.3 Å². The lowest BCUT2D eigenvalue weighted by atomic mass is 10.1. The minimum absolute atomic E-state index is 0.0585. The molecule has 0 N–H and O–H groups in total. The van der Waals surface area contributed by atoms with Crippen LogP contribution >= 0.6 is 15.9 Å². The third-order valence-electron chi connectivity index (χ3n) is 1.61. The van der Waals surface area contributed by atoms with Crippen LogP contribution in [0, 0.1) is 0 Å². The second-order valence-electron chi connectivity index (χ2n) is 2.69. The Morgan fingerprint density at radius 1 is 1.54 bits per heavy atom. The molecule has 68 valence electrons. The van der Waals surface area contributed by atoms with E-state index in [2.05, 4.69) is 15.9 Å². The van der Waals surface area contributed by atoms with Crippen molar-refractivity contribution in [2.75, 3.05) is 0 Å². The summed E-state index contributed by atoms with van der Waals surface area (Å²) in [5, 5.41) is 0. The summed E-state index contributed by atoms with van der Waals surface area (Å²) in [6.07, 6.45) is 4.37. The second-order valence-corrected chi connectivity index (χ2v) is 3.60. The van der Waals surface area contributed by atoms with Crippen LogP contribution in [0.25, 0.3) is 0 Å². The van der Waals surface area contributed by atoms with Crippen LogP contribution in [0.3, 0.4) is 0 Å². The number of carbonyl (C=O) groups is 1. The van der Waals surface area contributed by atoms with Crippen LogP contribution in [0.1, 0.15) is 23.7 Å². The first-order valence-corrected chi connectivity index (χ1v) is 4.99. The van der Waals surface area contributed by atoms with Crippen LogP contribution < -0.4 is 0 Å². The second kappa shape index (κ2) is 4.97. The molecule has 0 aliphatic carbocycles. The molecule has 0 radical (unpaired) electrons. The van der Waals surface area contributed by atoms with E-state index in [0.717, 1.165) is 16.5 Å². The summed E-state index contributed by atoms with van der Waals surface area (Å²) >= 11 is 3.32. The molecule has 0 atom stereocenters. The van der Waals surface area contributed by atoms with Crippen molar-refractivity contribution in [3.8, 4) is 0 Å². The molecule has 0 aliphatic rings. The van der Waals surface area contributed by atoms with E-state index in [0.29, 0.717) is 0 Å². The van der Waals surface area contributed by atoms with Crippen molar-refractivity contribution < 1.29 is 4.79 Å². The van der Waals surface area contributed by atoms with E-state index in [1.54, 1.807) is 6.08 Å². The average molecular weight is 239 g/mol. The van der Waals surface area contributed by atoms with E-state index < -0.39 is 0 Å². The number of ketones is 1. The summed E-state index contributed by atoms with van der Waals surface area (Å²) in [6.45, 7) is 2.00. The summed E-state index contributed by atoms with van der Waals surface area (Å²) in [6, 6.07) is 7.40. The Kier molecular flexibility index (Phi) is 3.90. The Morgan fingerprint density at radius 3 is 2.92 bits per heavy atom. The highest BCUT2D eigenvalue weighted by molar-refractivity contribution is 9.10. The summed E-state index contributed by atoms with van der Waals surface area (Å²) < 4.78 is 0.934. The summed E-state index contributed by atoms with van der Waals surface area (Å²) in [4.78, 5) is 11.4. The Hall–Kier alpha value is -0.890. The number of benzene rings is 1. The van der Waals surface area contributed by atoms with Crippen molar-refractivity contribution >= 4 is 21.7 Å². The Balaban J connectivity index is 2.83. The lowest BCUT2D eigenvalue weighted by Gasteiger charge is -1.95. The molecule has 0 amide bonds. The summed E-state index contributed by atoms with van der Waals surface area (Å²) in [5.74, 6) is 0.0585. The number of carbonyl (C=O) groups excluding carboxylic acids is 1. The van der Waals surface area contributed by atoms with Gasteiger partial charge in [-0.3, -0.25) is 4.79 Å². The number of rotatable bonds is 3. The zero-order chi connectivity index (χ0) is 9.68. The zero-order valence-electron chi connectivity index (χ0n) is 7.46. The molecule has 2 heteroatoms. The van der Waals surface area contributed by atoms with Gasteiger partial charge >= 0.3 is 0 Å². The van der Waals surface area contributed by atoms with Gasteiger partial charge in [0.2, 0.25) is 0 Å². The first kappa shape index (κ1) is 10.2. The predicted octanol–water partition coefficient (Wildman–Crippen LogP) is 3.60. The van der Waals surface area contributed by atoms with Gasteiger partial charge in [0.25, 0.3) is 0 Å². The van der Waals surface area contributed by atoms with Gasteiger partial charge in [-0.1, -0.05) is 41.1 Å². The lowest BCUT2D eigenvalue weighted by molar-refractivity contribution is 0.104. The normalized spacial score (nSPS) is 10.6. The van der Waals surface area contributed by atoms with Crippen LogP contribution in [0.5, 0.6) is 0 Å². The number of hydrogen-bond donors (Lipinski definition) is 0. The molecule has 13 heavy (non-hydrogen) atoms. The molecule has 1 nitrogen and oxygen atoms in total. The van der Waals surface area contributed by atoms with E-state index in [1.165, 1.54) is 0 Å². The SMILES string of the molecule is CC/C=C/C(=O)c1cccc(Br)c1. The van der Waals surface area contributed by atoms with E-state index in [4.69, 9.17) is 0 Å².